The fourth-order valence-corrected chi connectivity index (χ4v) is 2.56. The van der Waals surface area contributed by atoms with Crippen LogP contribution in [0.3, 0.4) is 0 Å². The van der Waals surface area contributed by atoms with E-state index in [4.69, 9.17) is 4.74 Å². The molecule has 5 nitrogen and oxygen atoms in total. The molecule has 0 aliphatic heterocycles. The molecule has 1 saturated carbocycles. The third kappa shape index (κ3) is 4.63. The number of nitrogens with zero attached hydrogens (tertiary/aromatic N) is 2. The van der Waals surface area contributed by atoms with E-state index in [1.807, 2.05) is 13.0 Å². The quantitative estimate of drug-likeness (QED) is 0.802. The van der Waals surface area contributed by atoms with Crippen LogP contribution in [0.5, 0.6) is 0 Å². The van der Waals surface area contributed by atoms with Crippen LogP contribution < -0.4 is 10.6 Å². The second-order valence-corrected chi connectivity index (χ2v) is 5.20. The van der Waals surface area contributed by atoms with Crippen LogP contribution in [-0.4, -0.2) is 29.2 Å². The van der Waals surface area contributed by atoms with Crippen LogP contribution in [0.2, 0.25) is 0 Å². The van der Waals surface area contributed by atoms with Gasteiger partial charge in [-0.1, -0.05) is 19.3 Å². The molecule has 112 valence electrons. The lowest BCUT2D eigenvalue weighted by Crippen LogP contribution is -2.23. The Morgan fingerprint density at radius 2 is 1.90 bits per heavy atom. The molecule has 0 aromatic carbocycles. The summed E-state index contributed by atoms with van der Waals surface area (Å²) in [5, 5.41) is 6.81. The predicted octanol–water partition coefficient (Wildman–Crippen LogP) is 3.19. The van der Waals surface area contributed by atoms with Crippen molar-refractivity contribution in [1.82, 2.24) is 9.97 Å². The van der Waals surface area contributed by atoms with Gasteiger partial charge in [0.05, 0.1) is 0 Å². The van der Waals surface area contributed by atoms with Crippen molar-refractivity contribution >= 4 is 11.6 Å². The lowest BCUT2D eigenvalue weighted by Gasteiger charge is -2.23. The topological polar surface area (TPSA) is 59.1 Å². The van der Waals surface area contributed by atoms with E-state index in [1.54, 1.807) is 0 Å². The van der Waals surface area contributed by atoms with Crippen LogP contribution in [-0.2, 0) is 11.3 Å². The fourth-order valence-electron chi connectivity index (χ4n) is 2.56. The van der Waals surface area contributed by atoms with Crippen molar-refractivity contribution in [3.63, 3.8) is 0 Å². The highest BCUT2D eigenvalue weighted by Crippen LogP contribution is 2.22. The van der Waals surface area contributed by atoms with E-state index < -0.39 is 0 Å². The number of hydrogen-bond acceptors (Lipinski definition) is 5. The second-order valence-electron chi connectivity index (χ2n) is 5.20. The van der Waals surface area contributed by atoms with Crippen molar-refractivity contribution in [2.45, 2.75) is 58.6 Å². The maximum absolute atomic E-state index is 5.42. The molecular weight excluding hydrogens is 252 g/mol. The molecule has 1 aromatic rings. The second kappa shape index (κ2) is 8.04. The van der Waals surface area contributed by atoms with E-state index in [-0.39, 0.29) is 0 Å². The zero-order chi connectivity index (χ0) is 14.2. The summed E-state index contributed by atoms with van der Waals surface area (Å²) < 4.78 is 5.42. The molecule has 0 bridgehead atoms. The number of nitrogens with one attached hydrogen (secondary N) is 2. The van der Waals surface area contributed by atoms with Gasteiger partial charge in [0.25, 0.3) is 0 Å². The average Bonchev–Trinajstić information content (AvgIpc) is 2.46. The molecule has 0 amide bonds. The first kappa shape index (κ1) is 15.0. The van der Waals surface area contributed by atoms with Crippen LogP contribution in [0.15, 0.2) is 6.07 Å². The first-order valence-electron chi connectivity index (χ1n) is 7.78. The van der Waals surface area contributed by atoms with E-state index in [1.165, 1.54) is 32.1 Å². The van der Waals surface area contributed by atoms with Crippen molar-refractivity contribution in [3.8, 4) is 0 Å². The van der Waals surface area contributed by atoms with Crippen molar-refractivity contribution in [2.75, 3.05) is 23.8 Å². The smallest absolute Gasteiger partial charge is 0.158 e. The molecule has 0 spiro atoms. The molecule has 1 aliphatic carbocycles. The van der Waals surface area contributed by atoms with Crippen LogP contribution >= 0.6 is 0 Å². The summed E-state index contributed by atoms with van der Waals surface area (Å²) in [6, 6.07) is 2.54. The molecule has 0 unspecified atom stereocenters. The van der Waals surface area contributed by atoms with Gasteiger partial charge in [-0.2, -0.15) is 0 Å². The Kier molecular flexibility index (Phi) is 6.05. The predicted molar refractivity (Wildman–Crippen MR) is 82.0 cm³/mol. The third-order valence-corrected chi connectivity index (χ3v) is 3.52. The average molecular weight is 278 g/mol. The summed E-state index contributed by atoms with van der Waals surface area (Å²) in [5.41, 5.74) is 0. The zero-order valence-corrected chi connectivity index (χ0v) is 12.6. The molecule has 5 heteroatoms. The van der Waals surface area contributed by atoms with Gasteiger partial charge in [-0.15, -0.1) is 0 Å². The minimum absolute atomic E-state index is 0.467. The molecule has 2 N–H and O–H groups in total. The highest BCUT2D eigenvalue weighted by Gasteiger charge is 2.14. The number of ether oxygens (including phenoxy) is 1. The van der Waals surface area contributed by atoms with Crippen LogP contribution in [0.25, 0.3) is 0 Å². The number of rotatable bonds is 7. The Morgan fingerprint density at radius 1 is 1.15 bits per heavy atom. The van der Waals surface area contributed by atoms with Gasteiger partial charge in [-0.05, 0) is 26.7 Å². The first-order valence-corrected chi connectivity index (χ1v) is 7.78. The van der Waals surface area contributed by atoms with Crippen molar-refractivity contribution in [2.24, 2.45) is 0 Å². The fraction of sp³-hybridized carbons (Fsp3) is 0.733. The summed E-state index contributed by atoms with van der Waals surface area (Å²) >= 11 is 0. The van der Waals surface area contributed by atoms with E-state index in [9.17, 15) is 0 Å². The molecule has 0 atom stereocenters. The number of aromatic nitrogens is 2. The lowest BCUT2D eigenvalue weighted by molar-refractivity contribution is 0.128. The SMILES string of the molecule is CCNc1cc(NC2CCCCC2)nc(COCC)n1. The molecule has 1 aromatic heterocycles. The van der Waals surface area contributed by atoms with Gasteiger partial charge in [0, 0.05) is 25.3 Å². The van der Waals surface area contributed by atoms with Gasteiger partial charge in [0.2, 0.25) is 0 Å². The monoisotopic (exact) mass is 278 g/mol. The van der Waals surface area contributed by atoms with E-state index >= 15 is 0 Å². The molecule has 1 fully saturated rings. The normalized spacial score (nSPS) is 16.1. The molecule has 0 radical (unpaired) electrons. The van der Waals surface area contributed by atoms with Crippen LogP contribution in [0.1, 0.15) is 51.8 Å². The Labute approximate surface area is 121 Å². The van der Waals surface area contributed by atoms with Gasteiger partial charge >= 0.3 is 0 Å². The van der Waals surface area contributed by atoms with Gasteiger partial charge in [-0.25, -0.2) is 9.97 Å². The first-order chi connectivity index (χ1) is 9.81. The maximum Gasteiger partial charge on any atom is 0.158 e. The van der Waals surface area contributed by atoms with E-state index in [0.717, 1.165) is 24.0 Å². The highest BCUT2D eigenvalue weighted by atomic mass is 16.5. The van der Waals surface area contributed by atoms with Gasteiger partial charge in [-0.3, -0.25) is 0 Å². The zero-order valence-electron chi connectivity index (χ0n) is 12.6. The molecule has 0 saturated heterocycles. The lowest BCUT2D eigenvalue weighted by atomic mass is 9.95. The minimum Gasteiger partial charge on any atom is -0.374 e. The van der Waals surface area contributed by atoms with Gasteiger partial charge < -0.3 is 15.4 Å². The van der Waals surface area contributed by atoms with E-state index in [0.29, 0.717) is 19.3 Å². The minimum atomic E-state index is 0.467. The van der Waals surface area contributed by atoms with Crippen molar-refractivity contribution < 1.29 is 4.74 Å². The Hall–Kier alpha value is -1.36. The number of anilines is 2. The van der Waals surface area contributed by atoms with Gasteiger partial charge in [0.15, 0.2) is 5.82 Å². The Bertz CT molecular complexity index is 405. The summed E-state index contributed by atoms with van der Waals surface area (Å²) in [6.07, 6.45) is 6.46. The molecule has 20 heavy (non-hydrogen) atoms. The van der Waals surface area contributed by atoms with Crippen molar-refractivity contribution in [1.29, 1.82) is 0 Å². The van der Waals surface area contributed by atoms with E-state index in [2.05, 4.69) is 27.5 Å². The molecular formula is C15H26N4O. The molecule has 2 rings (SSSR count). The summed E-state index contributed by atoms with van der Waals surface area (Å²) in [7, 11) is 0. The third-order valence-electron chi connectivity index (χ3n) is 3.52. The Morgan fingerprint density at radius 3 is 2.60 bits per heavy atom. The molecule has 1 aliphatic rings. The maximum atomic E-state index is 5.42. The summed E-state index contributed by atoms with van der Waals surface area (Å²) in [4.78, 5) is 9.03. The van der Waals surface area contributed by atoms with Crippen LogP contribution in [0, 0.1) is 0 Å². The summed E-state index contributed by atoms with van der Waals surface area (Å²) in [5.74, 6) is 2.52. The highest BCUT2D eigenvalue weighted by molar-refractivity contribution is 5.48. The Balaban J connectivity index is 2.06. The molecule has 1 heterocycles. The van der Waals surface area contributed by atoms with Crippen molar-refractivity contribution in [3.05, 3.63) is 11.9 Å². The largest absolute Gasteiger partial charge is 0.374 e. The van der Waals surface area contributed by atoms with Crippen LogP contribution in [0.4, 0.5) is 11.6 Å². The number of hydrogen-bond donors (Lipinski definition) is 2. The summed E-state index contributed by atoms with van der Waals surface area (Å²) in [6.45, 7) is 6.05. The van der Waals surface area contributed by atoms with Gasteiger partial charge in [0.1, 0.15) is 18.2 Å². The standard InChI is InChI=1S/C15H26N4O/c1-3-16-13-10-14(17-12-8-6-5-7-9-12)19-15(18-13)11-20-4-2/h10,12H,3-9,11H2,1-2H3,(H2,16,17,18,19).